The van der Waals surface area contributed by atoms with Gasteiger partial charge in [0.05, 0.1) is 17.6 Å². The van der Waals surface area contributed by atoms with Crippen LogP contribution in [0.5, 0.6) is 0 Å². The van der Waals surface area contributed by atoms with E-state index in [1.807, 2.05) is 18.2 Å². The maximum Gasteiger partial charge on any atom is 0.226 e. The van der Waals surface area contributed by atoms with Crippen molar-refractivity contribution in [1.82, 2.24) is 9.88 Å². The Morgan fingerprint density at radius 3 is 2.82 bits per heavy atom. The van der Waals surface area contributed by atoms with Crippen LogP contribution in [0.4, 0.5) is 5.69 Å². The number of fused-ring (bicyclic) bond motifs is 1. The molecule has 0 aliphatic rings. The molecule has 88 valence electrons. The van der Waals surface area contributed by atoms with Gasteiger partial charge in [0.1, 0.15) is 0 Å². The topological polar surface area (TPSA) is 59.2 Å². The molecule has 0 radical (unpaired) electrons. The van der Waals surface area contributed by atoms with Crippen LogP contribution in [0.1, 0.15) is 5.56 Å². The molecular formula is C13H15N3O. The number of carbonyl (C=O) groups is 1. The quantitative estimate of drug-likeness (QED) is 0.793. The molecule has 2 N–H and O–H groups in total. The molecule has 0 atom stereocenters. The van der Waals surface area contributed by atoms with Crippen molar-refractivity contribution in [3.63, 3.8) is 0 Å². The number of hydrogen-bond acceptors (Lipinski definition) is 3. The number of amides is 1. The van der Waals surface area contributed by atoms with Crippen molar-refractivity contribution in [2.45, 2.75) is 6.42 Å². The van der Waals surface area contributed by atoms with E-state index in [-0.39, 0.29) is 5.91 Å². The lowest BCUT2D eigenvalue weighted by atomic mass is 10.0. The average molecular weight is 229 g/mol. The number of carbonyl (C=O) groups excluding carboxylic acids is 1. The lowest BCUT2D eigenvalue weighted by Gasteiger charge is -2.12. The van der Waals surface area contributed by atoms with Crippen LogP contribution >= 0.6 is 0 Å². The van der Waals surface area contributed by atoms with Gasteiger partial charge in [-0.1, -0.05) is 12.1 Å². The first-order valence-electron chi connectivity index (χ1n) is 5.42. The molecule has 0 saturated carbocycles. The number of rotatable bonds is 2. The zero-order valence-corrected chi connectivity index (χ0v) is 9.97. The fourth-order valence-corrected chi connectivity index (χ4v) is 1.73. The predicted molar refractivity (Wildman–Crippen MR) is 68.6 cm³/mol. The number of nitrogens with zero attached hydrogens (tertiary/aromatic N) is 2. The van der Waals surface area contributed by atoms with Gasteiger partial charge in [-0.05, 0) is 17.7 Å². The summed E-state index contributed by atoms with van der Waals surface area (Å²) in [5.41, 5.74) is 8.22. The maximum absolute atomic E-state index is 11.7. The Balaban J connectivity index is 2.48. The van der Waals surface area contributed by atoms with E-state index in [1.165, 1.54) is 0 Å². The number of likely N-dealkylation sites (N-methyl/N-ethyl adjacent to an activating group) is 1. The molecule has 1 aromatic heterocycles. The van der Waals surface area contributed by atoms with E-state index in [2.05, 4.69) is 4.98 Å². The maximum atomic E-state index is 11.7. The van der Waals surface area contributed by atoms with Crippen molar-refractivity contribution >= 4 is 22.5 Å². The number of aromatic nitrogens is 1. The molecule has 0 unspecified atom stereocenters. The van der Waals surface area contributed by atoms with Crippen molar-refractivity contribution in [3.05, 3.63) is 36.0 Å². The van der Waals surface area contributed by atoms with Crippen molar-refractivity contribution in [2.75, 3.05) is 19.8 Å². The molecule has 4 heteroatoms. The SMILES string of the molecule is CN(C)C(=O)Cc1ccc(N)c2ncccc12. The molecule has 4 nitrogen and oxygen atoms in total. The summed E-state index contributed by atoms with van der Waals surface area (Å²) in [7, 11) is 3.50. The molecule has 1 amide bonds. The Kier molecular flexibility index (Phi) is 2.95. The minimum Gasteiger partial charge on any atom is -0.397 e. The van der Waals surface area contributed by atoms with Crippen LogP contribution in [-0.4, -0.2) is 29.9 Å². The highest BCUT2D eigenvalue weighted by Gasteiger charge is 2.10. The third-order valence-corrected chi connectivity index (χ3v) is 2.73. The Hall–Kier alpha value is -2.10. The van der Waals surface area contributed by atoms with Gasteiger partial charge in [0.25, 0.3) is 0 Å². The van der Waals surface area contributed by atoms with Gasteiger partial charge in [-0.3, -0.25) is 9.78 Å². The van der Waals surface area contributed by atoms with Gasteiger partial charge in [0, 0.05) is 25.7 Å². The van der Waals surface area contributed by atoms with Crippen LogP contribution < -0.4 is 5.73 Å². The van der Waals surface area contributed by atoms with Crippen LogP contribution in [0.15, 0.2) is 30.5 Å². The molecule has 0 fully saturated rings. The zero-order valence-electron chi connectivity index (χ0n) is 9.97. The molecule has 0 aliphatic heterocycles. The van der Waals surface area contributed by atoms with Gasteiger partial charge >= 0.3 is 0 Å². The van der Waals surface area contributed by atoms with Gasteiger partial charge in [0.2, 0.25) is 5.91 Å². The van der Waals surface area contributed by atoms with E-state index in [4.69, 9.17) is 5.73 Å². The summed E-state index contributed by atoms with van der Waals surface area (Å²) >= 11 is 0. The number of pyridine rings is 1. The van der Waals surface area contributed by atoms with Gasteiger partial charge in [-0.15, -0.1) is 0 Å². The van der Waals surface area contributed by atoms with E-state index >= 15 is 0 Å². The Labute approximate surface area is 100 Å². The van der Waals surface area contributed by atoms with Crippen molar-refractivity contribution in [1.29, 1.82) is 0 Å². The van der Waals surface area contributed by atoms with E-state index in [0.29, 0.717) is 12.1 Å². The number of nitrogen functional groups attached to an aromatic ring is 1. The largest absolute Gasteiger partial charge is 0.397 e. The Morgan fingerprint density at radius 2 is 2.12 bits per heavy atom. The van der Waals surface area contributed by atoms with Gasteiger partial charge in [-0.25, -0.2) is 0 Å². The highest BCUT2D eigenvalue weighted by Crippen LogP contribution is 2.22. The Bertz CT molecular complexity index is 564. The van der Waals surface area contributed by atoms with Gasteiger partial charge < -0.3 is 10.6 Å². The summed E-state index contributed by atoms with van der Waals surface area (Å²) < 4.78 is 0. The monoisotopic (exact) mass is 229 g/mol. The standard InChI is InChI=1S/C13H15N3O/c1-16(2)12(17)8-9-5-6-11(14)13-10(9)4-3-7-15-13/h3-7H,8,14H2,1-2H3. The number of anilines is 1. The second kappa shape index (κ2) is 4.41. The molecule has 2 aromatic rings. The van der Waals surface area contributed by atoms with Crippen LogP contribution in [0.25, 0.3) is 10.9 Å². The minimum absolute atomic E-state index is 0.0694. The molecular weight excluding hydrogens is 214 g/mol. The highest BCUT2D eigenvalue weighted by molar-refractivity contribution is 5.94. The van der Waals surface area contributed by atoms with E-state index < -0.39 is 0 Å². The number of benzene rings is 1. The van der Waals surface area contributed by atoms with E-state index in [0.717, 1.165) is 16.5 Å². The summed E-state index contributed by atoms with van der Waals surface area (Å²) in [6, 6.07) is 7.48. The summed E-state index contributed by atoms with van der Waals surface area (Å²) in [5, 5.41) is 0.947. The van der Waals surface area contributed by atoms with Crippen LogP contribution in [-0.2, 0) is 11.2 Å². The first-order chi connectivity index (χ1) is 8.09. The molecule has 1 aromatic carbocycles. The number of nitrogens with two attached hydrogens (primary N) is 1. The predicted octanol–water partition coefficient (Wildman–Crippen LogP) is 1.45. The van der Waals surface area contributed by atoms with Crippen LogP contribution in [0.2, 0.25) is 0 Å². The fraction of sp³-hybridized carbons (Fsp3) is 0.231. The highest BCUT2D eigenvalue weighted by atomic mass is 16.2. The molecule has 0 spiro atoms. The summed E-state index contributed by atoms with van der Waals surface area (Å²) in [6.45, 7) is 0. The molecule has 0 aliphatic carbocycles. The van der Waals surface area contributed by atoms with Crippen molar-refractivity contribution in [2.24, 2.45) is 0 Å². The van der Waals surface area contributed by atoms with Crippen molar-refractivity contribution in [3.8, 4) is 0 Å². The third kappa shape index (κ3) is 2.20. The first-order valence-corrected chi connectivity index (χ1v) is 5.42. The number of hydrogen-bond donors (Lipinski definition) is 1. The smallest absolute Gasteiger partial charge is 0.226 e. The lowest BCUT2D eigenvalue weighted by Crippen LogP contribution is -2.23. The minimum atomic E-state index is 0.0694. The summed E-state index contributed by atoms with van der Waals surface area (Å²) in [6.07, 6.45) is 2.08. The molecule has 17 heavy (non-hydrogen) atoms. The second-order valence-electron chi connectivity index (χ2n) is 4.18. The first kappa shape index (κ1) is 11.4. The van der Waals surface area contributed by atoms with Crippen molar-refractivity contribution < 1.29 is 4.79 Å². The van der Waals surface area contributed by atoms with E-state index in [1.54, 1.807) is 31.3 Å². The lowest BCUT2D eigenvalue weighted by molar-refractivity contribution is -0.127. The fourth-order valence-electron chi connectivity index (χ4n) is 1.73. The van der Waals surface area contributed by atoms with Gasteiger partial charge in [0.15, 0.2) is 0 Å². The molecule has 0 saturated heterocycles. The molecule has 2 rings (SSSR count). The van der Waals surface area contributed by atoms with Crippen LogP contribution in [0, 0.1) is 0 Å². The zero-order chi connectivity index (χ0) is 12.4. The molecule has 1 heterocycles. The van der Waals surface area contributed by atoms with Gasteiger partial charge in [-0.2, -0.15) is 0 Å². The Morgan fingerprint density at radius 1 is 1.35 bits per heavy atom. The second-order valence-corrected chi connectivity index (χ2v) is 4.18. The van der Waals surface area contributed by atoms with Crippen LogP contribution in [0.3, 0.4) is 0 Å². The van der Waals surface area contributed by atoms with E-state index in [9.17, 15) is 4.79 Å². The third-order valence-electron chi connectivity index (χ3n) is 2.73. The normalized spacial score (nSPS) is 10.5. The average Bonchev–Trinajstić information content (AvgIpc) is 2.33. The summed E-state index contributed by atoms with van der Waals surface area (Å²) in [4.78, 5) is 17.5. The molecule has 0 bridgehead atoms. The summed E-state index contributed by atoms with van der Waals surface area (Å²) in [5.74, 6) is 0.0694.